The van der Waals surface area contributed by atoms with Crippen molar-refractivity contribution in [3.63, 3.8) is 0 Å². The Hall–Kier alpha value is -5.52. The highest BCUT2D eigenvalue weighted by atomic mass is 32.2. The van der Waals surface area contributed by atoms with Crippen molar-refractivity contribution in [2.75, 3.05) is 4.90 Å². The minimum atomic E-state index is -2.87. The minimum Gasteiger partial charge on any atom is -0.308 e. The number of hydrogen-bond donors (Lipinski definition) is 0. The van der Waals surface area contributed by atoms with E-state index in [1.807, 2.05) is 23.5 Å². The Balaban J connectivity index is 1.33. The van der Waals surface area contributed by atoms with E-state index in [9.17, 15) is 0 Å². The molecule has 3 aliphatic rings. The van der Waals surface area contributed by atoms with E-state index in [4.69, 9.17) is 0 Å². The van der Waals surface area contributed by atoms with E-state index in [1.54, 1.807) is 0 Å². The van der Waals surface area contributed by atoms with Gasteiger partial charge < -0.3 is 4.90 Å². The van der Waals surface area contributed by atoms with Crippen molar-refractivity contribution in [3.05, 3.63) is 222 Å². The van der Waals surface area contributed by atoms with Gasteiger partial charge in [0.05, 0.1) is 16.8 Å². The number of anilines is 3. The van der Waals surface area contributed by atoms with Gasteiger partial charge in [-0.05, 0) is 91.5 Å². The van der Waals surface area contributed by atoms with Crippen molar-refractivity contribution < 1.29 is 0 Å². The van der Waals surface area contributed by atoms with Crippen molar-refractivity contribution in [1.29, 1.82) is 0 Å². The molecule has 3 aliphatic heterocycles. The van der Waals surface area contributed by atoms with Crippen LogP contribution < -0.4 is 25.6 Å². The smallest absolute Gasteiger partial charge is 0.180 e. The van der Waals surface area contributed by atoms with Crippen molar-refractivity contribution in [2.45, 2.75) is 25.0 Å². The molecule has 0 aliphatic carbocycles. The maximum absolute atomic E-state index is 2.87. The Morgan fingerprint density at radius 3 is 1.38 bits per heavy atom. The summed E-state index contributed by atoms with van der Waals surface area (Å²) in [4.78, 5) is 7.67. The summed E-state index contributed by atoms with van der Waals surface area (Å²) in [6.07, 6.45) is 0. The molecule has 0 saturated carbocycles. The van der Waals surface area contributed by atoms with E-state index >= 15 is 0 Å². The van der Waals surface area contributed by atoms with Crippen molar-refractivity contribution in [3.8, 4) is 0 Å². The lowest BCUT2D eigenvalue weighted by molar-refractivity contribution is 0.707. The quantitative estimate of drug-likeness (QED) is 0.167. The SMILES string of the molecule is c1ccc([Si]2(c3ccccc3)c3ccccc3C3(c4ccccc4Sc4ccccc43)c3cc(N4c5ccccc5Sc5ccccc54)ccc32)cc1. The maximum atomic E-state index is 2.58. The molecule has 4 heteroatoms. The van der Waals surface area contributed by atoms with Gasteiger partial charge in [0.2, 0.25) is 0 Å². The van der Waals surface area contributed by atoms with Gasteiger partial charge in [-0.25, -0.2) is 0 Å². The molecule has 0 N–H and O–H groups in total. The number of rotatable bonds is 3. The molecule has 250 valence electrons. The van der Waals surface area contributed by atoms with E-state index in [1.165, 1.54) is 79.6 Å². The van der Waals surface area contributed by atoms with Gasteiger partial charge in [-0.1, -0.05) is 175 Å². The van der Waals surface area contributed by atoms with Gasteiger partial charge in [0.25, 0.3) is 0 Å². The van der Waals surface area contributed by atoms with Crippen LogP contribution in [0.1, 0.15) is 22.3 Å². The average Bonchev–Trinajstić information content (AvgIpc) is 3.23. The lowest BCUT2D eigenvalue weighted by Crippen LogP contribution is -2.79. The van der Waals surface area contributed by atoms with E-state index in [0.717, 1.165) is 0 Å². The standard InChI is InChI=1S/C49H33NS2Si/c1-3-17-35(18-4-1)53(36-19-5-2-6-20-36)47-30-16-9-23-39(47)49(37-21-7-12-26-43(37)51-44-27-13-8-22-38(44)49)40-33-34(31-32-48(40)53)50-41-24-10-14-28-45(41)52-46-29-15-11-25-42(46)50/h1-33H. The number of benzene rings is 8. The van der Waals surface area contributed by atoms with Crippen LogP contribution in [0.2, 0.25) is 0 Å². The highest BCUT2D eigenvalue weighted by Gasteiger charge is 2.57. The van der Waals surface area contributed by atoms with Gasteiger partial charge in [-0.3, -0.25) is 0 Å². The number of nitrogens with zero attached hydrogens (tertiary/aromatic N) is 1. The van der Waals surface area contributed by atoms with Gasteiger partial charge in [0, 0.05) is 25.3 Å². The van der Waals surface area contributed by atoms with Gasteiger partial charge in [0.15, 0.2) is 8.07 Å². The first-order valence-corrected chi connectivity index (χ1v) is 21.8. The summed E-state index contributed by atoms with van der Waals surface area (Å²) >= 11 is 3.76. The predicted molar refractivity (Wildman–Crippen MR) is 225 cm³/mol. The molecule has 11 rings (SSSR count). The predicted octanol–water partition coefficient (Wildman–Crippen LogP) is 10.2. The zero-order valence-corrected chi connectivity index (χ0v) is 31.4. The van der Waals surface area contributed by atoms with Gasteiger partial charge >= 0.3 is 0 Å². The zero-order valence-electron chi connectivity index (χ0n) is 28.8. The van der Waals surface area contributed by atoms with Gasteiger partial charge in [0.1, 0.15) is 0 Å². The van der Waals surface area contributed by atoms with Crippen LogP contribution in [-0.2, 0) is 5.41 Å². The normalized spacial score (nSPS) is 15.3. The van der Waals surface area contributed by atoms with Gasteiger partial charge in [-0.15, -0.1) is 0 Å². The molecule has 0 unspecified atom stereocenters. The summed E-state index contributed by atoms with van der Waals surface area (Å²) in [5.74, 6) is 0. The Labute approximate surface area is 320 Å². The summed E-state index contributed by atoms with van der Waals surface area (Å²) in [5.41, 5.74) is 8.55. The molecule has 0 bridgehead atoms. The first-order valence-electron chi connectivity index (χ1n) is 18.2. The van der Waals surface area contributed by atoms with Crippen LogP contribution in [0.5, 0.6) is 0 Å². The molecule has 3 heterocycles. The van der Waals surface area contributed by atoms with Crippen LogP contribution in [0, 0.1) is 0 Å². The summed E-state index contributed by atoms with van der Waals surface area (Å²) in [6, 6.07) is 75.8. The van der Waals surface area contributed by atoms with E-state index in [-0.39, 0.29) is 0 Å². The third-order valence-electron chi connectivity index (χ3n) is 11.5. The summed E-state index contributed by atoms with van der Waals surface area (Å²) in [7, 11) is -2.87. The van der Waals surface area contributed by atoms with Crippen molar-refractivity contribution in [2.24, 2.45) is 0 Å². The molecule has 0 radical (unpaired) electrons. The highest BCUT2D eigenvalue weighted by Crippen LogP contribution is 2.58. The minimum absolute atomic E-state index is 0.538. The monoisotopic (exact) mass is 727 g/mol. The first-order chi connectivity index (χ1) is 26.3. The Morgan fingerprint density at radius 1 is 0.358 bits per heavy atom. The summed E-state index contributed by atoms with van der Waals surface area (Å²) in [5, 5.41) is 5.71. The van der Waals surface area contributed by atoms with Crippen molar-refractivity contribution >= 4 is 69.4 Å². The van der Waals surface area contributed by atoms with Crippen LogP contribution >= 0.6 is 23.5 Å². The lowest BCUT2D eigenvalue weighted by atomic mass is 9.64. The van der Waals surface area contributed by atoms with Crippen LogP contribution in [0.4, 0.5) is 17.1 Å². The summed E-state index contributed by atoms with van der Waals surface area (Å²) < 4.78 is 0. The molecule has 0 fully saturated rings. The second-order valence-corrected chi connectivity index (χ2v) is 19.9. The number of fused-ring (bicyclic) bond motifs is 10. The molecule has 53 heavy (non-hydrogen) atoms. The Morgan fingerprint density at radius 2 is 0.792 bits per heavy atom. The van der Waals surface area contributed by atoms with Crippen LogP contribution in [0.3, 0.4) is 0 Å². The first kappa shape index (κ1) is 31.0. The number of para-hydroxylation sites is 2. The lowest BCUT2D eigenvalue weighted by Gasteiger charge is -2.52. The van der Waals surface area contributed by atoms with E-state index in [0.29, 0.717) is 0 Å². The van der Waals surface area contributed by atoms with E-state index < -0.39 is 13.5 Å². The molecule has 0 saturated heterocycles. The highest BCUT2D eigenvalue weighted by molar-refractivity contribution is 8.00. The third kappa shape index (κ3) is 4.29. The second-order valence-electron chi connectivity index (χ2n) is 14.0. The number of hydrogen-bond acceptors (Lipinski definition) is 3. The zero-order chi connectivity index (χ0) is 35.0. The molecular formula is C49H33NS2Si. The maximum Gasteiger partial charge on any atom is 0.180 e. The fraction of sp³-hybridized carbons (Fsp3) is 0.0204. The van der Waals surface area contributed by atoms with Gasteiger partial charge in [-0.2, -0.15) is 0 Å². The average molecular weight is 728 g/mol. The fourth-order valence-corrected chi connectivity index (χ4v) is 17.0. The molecule has 0 atom stereocenters. The fourth-order valence-electron chi connectivity index (χ4n) is 9.46. The largest absolute Gasteiger partial charge is 0.308 e. The van der Waals surface area contributed by atoms with E-state index in [2.05, 4.69) is 205 Å². The van der Waals surface area contributed by atoms with Crippen LogP contribution in [-0.4, -0.2) is 8.07 Å². The van der Waals surface area contributed by atoms with Crippen molar-refractivity contribution in [1.82, 2.24) is 0 Å². The molecule has 0 amide bonds. The molecule has 8 aromatic carbocycles. The molecule has 0 aromatic heterocycles. The topological polar surface area (TPSA) is 3.24 Å². The molecule has 1 spiro atoms. The molecule has 1 nitrogen and oxygen atoms in total. The van der Waals surface area contributed by atoms with Crippen LogP contribution in [0.15, 0.2) is 220 Å². The Kier molecular flexibility index (Phi) is 7.03. The molecular weight excluding hydrogens is 695 g/mol. The summed E-state index contributed by atoms with van der Waals surface area (Å²) in [6.45, 7) is 0. The molecule has 8 aromatic rings. The Bertz CT molecular complexity index is 2580. The third-order valence-corrected chi connectivity index (χ3v) is 18.6. The second kappa shape index (κ2) is 12.0. The van der Waals surface area contributed by atoms with Crippen LogP contribution in [0.25, 0.3) is 0 Å².